The summed E-state index contributed by atoms with van der Waals surface area (Å²) in [6.07, 6.45) is 0. The largest absolute Gasteiger partial charge is 0.462 e. The summed E-state index contributed by atoms with van der Waals surface area (Å²) in [6.45, 7) is 6.48. The number of rotatable bonds is 6. The summed E-state index contributed by atoms with van der Waals surface area (Å²) >= 11 is 0. The van der Waals surface area contributed by atoms with Crippen LogP contribution in [-0.4, -0.2) is 41.8 Å². The Balaban J connectivity index is 1.70. The molecule has 0 bridgehead atoms. The van der Waals surface area contributed by atoms with E-state index in [2.05, 4.69) is 10.3 Å². The van der Waals surface area contributed by atoms with Crippen molar-refractivity contribution in [3.63, 3.8) is 0 Å². The molecule has 1 aromatic heterocycles. The lowest BCUT2D eigenvalue weighted by Gasteiger charge is -2.07. The van der Waals surface area contributed by atoms with Crippen molar-refractivity contribution in [2.75, 3.05) is 18.5 Å². The molecule has 152 valence electrons. The highest BCUT2D eigenvalue weighted by Gasteiger charge is 2.28. The van der Waals surface area contributed by atoms with Crippen molar-refractivity contribution in [1.82, 2.24) is 4.98 Å². The maximum absolute atomic E-state index is 12.5. The highest BCUT2D eigenvalue weighted by molar-refractivity contribution is 6.05. The Labute approximate surface area is 167 Å². The van der Waals surface area contributed by atoms with Crippen molar-refractivity contribution in [1.29, 1.82) is 0 Å². The van der Waals surface area contributed by atoms with Crippen LogP contribution in [0.5, 0.6) is 0 Å². The molecule has 2 N–H and O–H groups in total. The number of amides is 1. The number of hydrogen-bond acceptors (Lipinski definition) is 6. The number of aromatic amines is 1. The molecule has 0 spiro atoms. The van der Waals surface area contributed by atoms with E-state index in [0.29, 0.717) is 22.5 Å². The predicted octanol–water partition coefficient (Wildman–Crippen LogP) is 2.90. The van der Waals surface area contributed by atoms with E-state index < -0.39 is 18.5 Å². The van der Waals surface area contributed by atoms with Crippen LogP contribution < -0.4 is 5.32 Å². The molecule has 0 unspecified atom stereocenters. The van der Waals surface area contributed by atoms with E-state index in [1.807, 2.05) is 0 Å². The first-order valence-corrected chi connectivity index (χ1v) is 9.26. The normalized spacial score (nSPS) is 14.9. The van der Waals surface area contributed by atoms with Crippen molar-refractivity contribution >= 4 is 29.3 Å². The van der Waals surface area contributed by atoms with E-state index in [4.69, 9.17) is 9.47 Å². The smallest absolute Gasteiger partial charge is 0.355 e. The lowest BCUT2D eigenvalue weighted by molar-refractivity contribution is -0.116. The third-order valence-corrected chi connectivity index (χ3v) is 4.95. The van der Waals surface area contributed by atoms with Crippen molar-refractivity contribution in [3.8, 4) is 0 Å². The highest BCUT2D eigenvalue weighted by Crippen LogP contribution is 2.32. The molecule has 0 radical (unpaired) electrons. The monoisotopic (exact) mass is 398 g/mol. The van der Waals surface area contributed by atoms with Gasteiger partial charge in [0, 0.05) is 16.9 Å². The molecule has 2 heterocycles. The van der Waals surface area contributed by atoms with Gasteiger partial charge in [0.05, 0.1) is 18.1 Å². The fourth-order valence-electron chi connectivity index (χ4n) is 3.34. The van der Waals surface area contributed by atoms with E-state index in [9.17, 15) is 19.2 Å². The molecular formula is C21H22N2O6. The number of Topliss-reactive ketones (excluding diaryl/α,β-unsaturated/α-hetero) is 1. The van der Waals surface area contributed by atoms with Gasteiger partial charge in [-0.3, -0.25) is 9.59 Å². The van der Waals surface area contributed by atoms with Gasteiger partial charge < -0.3 is 19.8 Å². The molecular weight excluding hydrogens is 376 g/mol. The Morgan fingerprint density at radius 1 is 1.10 bits per heavy atom. The van der Waals surface area contributed by atoms with Gasteiger partial charge in [-0.25, -0.2) is 9.59 Å². The Bertz CT molecular complexity index is 1020. The van der Waals surface area contributed by atoms with Crippen LogP contribution in [0.25, 0.3) is 0 Å². The minimum atomic E-state index is -0.735. The Morgan fingerprint density at radius 2 is 1.83 bits per heavy atom. The predicted molar refractivity (Wildman–Crippen MR) is 104 cm³/mol. The second-order valence-corrected chi connectivity index (χ2v) is 6.86. The van der Waals surface area contributed by atoms with Crippen LogP contribution >= 0.6 is 0 Å². The van der Waals surface area contributed by atoms with Crippen molar-refractivity contribution in [3.05, 3.63) is 51.8 Å². The number of ketones is 1. The van der Waals surface area contributed by atoms with Gasteiger partial charge in [0.2, 0.25) is 5.91 Å². The molecule has 1 atom stereocenters. The van der Waals surface area contributed by atoms with Gasteiger partial charge >= 0.3 is 11.9 Å². The zero-order chi connectivity index (χ0) is 21.3. The average Bonchev–Trinajstić information content (AvgIpc) is 3.14. The Hall–Kier alpha value is -3.42. The standard InChI is InChI=1S/C21H22N2O6/c1-5-28-20(26)17-11(3)18(22-12(17)4)21(27)29-9-16(24)13-6-7-15-14(8-13)10(2)19(25)23-15/h6-8,10,22H,5,9H2,1-4H3,(H,23,25)/t10-/m0/s1. The number of ether oxygens (including phenoxy) is 2. The summed E-state index contributed by atoms with van der Waals surface area (Å²) in [5.74, 6) is -2.11. The summed E-state index contributed by atoms with van der Waals surface area (Å²) in [6, 6.07) is 4.88. The zero-order valence-electron chi connectivity index (χ0n) is 16.7. The second-order valence-electron chi connectivity index (χ2n) is 6.86. The number of carbonyl (C=O) groups excluding carboxylic acids is 4. The molecule has 0 aliphatic carbocycles. The molecule has 2 aromatic rings. The van der Waals surface area contributed by atoms with Gasteiger partial charge in [0.1, 0.15) is 5.69 Å². The summed E-state index contributed by atoms with van der Waals surface area (Å²) in [4.78, 5) is 51.5. The highest BCUT2D eigenvalue weighted by atomic mass is 16.5. The summed E-state index contributed by atoms with van der Waals surface area (Å²) in [5.41, 5.74) is 3.07. The minimum Gasteiger partial charge on any atom is -0.462 e. The van der Waals surface area contributed by atoms with Gasteiger partial charge in [0.15, 0.2) is 12.4 Å². The third kappa shape index (κ3) is 3.78. The molecule has 0 fully saturated rings. The molecule has 1 amide bonds. The number of benzene rings is 1. The second kappa shape index (κ2) is 7.90. The lowest BCUT2D eigenvalue weighted by atomic mass is 9.99. The van der Waals surface area contributed by atoms with Gasteiger partial charge in [0.25, 0.3) is 0 Å². The van der Waals surface area contributed by atoms with Crippen molar-refractivity contribution in [2.24, 2.45) is 0 Å². The number of anilines is 1. The Kier molecular flexibility index (Phi) is 5.54. The van der Waals surface area contributed by atoms with Crippen LogP contribution in [0.1, 0.15) is 67.8 Å². The van der Waals surface area contributed by atoms with E-state index in [-0.39, 0.29) is 35.5 Å². The number of aryl methyl sites for hydroxylation is 1. The van der Waals surface area contributed by atoms with E-state index in [1.54, 1.807) is 45.9 Å². The fraction of sp³-hybridized carbons (Fsp3) is 0.333. The number of fused-ring (bicyclic) bond motifs is 1. The van der Waals surface area contributed by atoms with E-state index in [1.165, 1.54) is 0 Å². The van der Waals surface area contributed by atoms with Crippen LogP contribution in [0.4, 0.5) is 5.69 Å². The Morgan fingerprint density at radius 3 is 2.52 bits per heavy atom. The molecule has 0 saturated carbocycles. The van der Waals surface area contributed by atoms with Crippen LogP contribution in [-0.2, 0) is 14.3 Å². The molecule has 1 aliphatic heterocycles. The van der Waals surface area contributed by atoms with Gasteiger partial charge in [-0.05, 0) is 57.0 Å². The van der Waals surface area contributed by atoms with Gasteiger partial charge in [-0.2, -0.15) is 0 Å². The lowest BCUT2D eigenvalue weighted by Crippen LogP contribution is -2.15. The molecule has 1 aromatic carbocycles. The van der Waals surface area contributed by atoms with Gasteiger partial charge in [-0.1, -0.05) is 0 Å². The number of carbonyl (C=O) groups is 4. The fourth-order valence-corrected chi connectivity index (χ4v) is 3.34. The number of H-pyrrole nitrogens is 1. The molecule has 1 aliphatic rings. The summed E-state index contributed by atoms with van der Waals surface area (Å²) < 4.78 is 10.1. The van der Waals surface area contributed by atoms with E-state index in [0.717, 1.165) is 5.56 Å². The molecule has 29 heavy (non-hydrogen) atoms. The van der Waals surface area contributed by atoms with Crippen LogP contribution in [0.2, 0.25) is 0 Å². The zero-order valence-corrected chi connectivity index (χ0v) is 16.7. The maximum atomic E-state index is 12.5. The maximum Gasteiger partial charge on any atom is 0.355 e. The SMILES string of the molecule is CCOC(=O)c1c(C)[nH]c(C(=O)OCC(=O)c2ccc3c(c2)[C@H](C)C(=O)N3)c1C. The molecule has 3 rings (SSSR count). The van der Waals surface area contributed by atoms with Crippen molar-refractivity contribution in [2.45, 2.75) is 33.6 Å². The summed E-state index contributed by atoms with van der Waals surface area (Å²) in [5, 5.41) is 2.74. The topological polar surface area (TPSA) is 115 Å². The number of esters is 2. The van der Waals surface area contributed by atoms with Crippen LogP contribution in [0.15, 0.2) is 18.2 Å². The first kappa shape index (κ1) is 20.3. The molecule has 0 saturated heterocycles. The number of aromatic nitrogens is 1. The summed E-state index contributed by atoms with van der Waals surface area (Å²) in [7, 11) is 0. The van der Waals surface area contributed by atoms with Crippen LogP contribution in [0.3, 0.4) is 0 Å². The number of nitrogens with one attached hydrogen (secondary N) is 2. The quantitative estimate of drug-likeness (QED) is 0.571. The molecule has 8 nitrogen and oxygen atoms in total. The van der Waals surface area contributed by atoms with E-state index >= 15 is 0 Å². The van der Waals surface area contributed by atoms with Crippen LogP contribution in [0, 0.1) is 13.8 Å². The first-order chi connectivity index (χ1) is 13.7. The average molecular weight is 398 g/mol. The van der Waals surface area contributed by atoms with Gasteiger partial charge in [-0.15, -0.1) is 0 Å². The van der Waals surface area contributed by atoms with Crippen molar-refractivity contribution < 1.29 is 28.7 Å². The minimum absolute atomic E-state index is 0.107. The first-order valence-electron chi connectivity index (χ1n) is 9.26. The third-order valence-electron chi connectivity index (χ3n) is 4.95. The molecule has 8 heteroatoms. The number of hydrogen-bond donors (Lipinski definition) is 2.